The summed E-state index contributed by atoms with van der Waals surface area (Å²) in [6.07, 6.45) is 0.714. The Kier molecular flexibility index (Phi) is 6.25. The molecule has 0 aliphatic carbocycles. The summed E-state index contributed by atoms with van der Waals surface area (Å²) in [4.78, 5) is 1.76. The molecule has 0 radical (unpaired) electrons. The van der Waals surface area contributed by atoms with Crippen LogP contribution in [0.3, 0.4) is 0 Å². The number of aromatic nitrogens is 1. The number of hydrogen-bond acceptors (Lipinski definition) is 6. The second-order valence-corrected chi connectivity index (χ2v) is 10.4. The van der Waals surface area contributed by atoms with Crippen molar-refractivity contribution in [2.75, 3.05) is 5.48 Å². The molecule has 168 valence electrons. The number of fused-ring (bicyclic) bond motifs is 1. The molecule has 2 heterocycles. The van der Waals surface area contributed by atoms with Crippen molar-refractivity contribution in [1.29, 1.82) is 0 Å². The number of hydrogen-bond donors (Lipinski definition) is 1. The maximum absolute atomic E-state index is 13.4. The van der Waals surface area contributed by atoms with E-state index in [-0.39, 0.29) is 0 Å². The smallest absolute Gasteiger partial charge is 0.214 e. The first-order valence-electron chi connectivity index (χ1n) is 10.5. The zero-order valence-corrected chi connectivity index (χ0v) is 21.1. The fraction of sp³-hybridized carbons (Fsp3) is 0.320. The van der Waals surface area contributed by atoms with Crippen LogP contribution in [0.5, 0.6) is 0 Å². The number of nitrogens with one attached hydrogen (secondary N) is 1. The van der Waals surface area contributed by atoms with Crippen molar-refractivity contribution < 1.29 is 13.0 Å². The van der Waals surface area contributed by atoms with Crippen molar-refractivity contribution in [2.24, 2.45) is 0 Å². The van der Waals surface area contributed by atoms with Gasteiger partial charge in [0.05, 0.1) is 4.90 Å². The van der Waals surface area contributed by atoms with E-state index in [0.717, 1.165) is 20.5 Å². The van der Waals surface area contributed by atoms with E-state index in [0.29, 0.717) is 22.9 Å². The second kappa shape index (κ2) is 8.81. The molecular weight excluding hydrogens is 440 g/mol. The quantitative estimate of drug-likeness (QED) is 0.319. The lowest BCUT2D eigenvalue weighted by Gasteiger charge is -2.18. The molecule has 0 spiro atoms. The van der Waals surface area contributed by atoms with Gasteiger partial charge in [-0.15, -0.1) is 11.3 Å². The van der Waals surface area contributed by atoms with Crippen LogP contribution in [-0.2, 0) is 21.8 Å². The lowest BCUT2D eigenvalue weighted by atomic mass is 9.88. The number of benzene rings is 2. The minimum atomic E-state index is -1.72. The first-order chi connectivity index (χ1) is 15.2. The van der Waals surface area contributed by atoms with Crippen LogP contribution in [0.1, 0.15) is 49.6 Å². The van der Waals surface area contributed by atoms with Crippen LogP contribution in [0, 0.1) is 48.5 Å². The van der Waals surface area contributed by atoms with Crippen molar-refractivity contribution in [1.82, 2.24) is 5.16 Å². The molecule has 0 aliphatic rings. The summed E-state index contributed by atoms with van der Waals surface area (Å²) in [5, 5.41) is 4.88. The van der Waals surface area contributed by atoms with Crippen LogP contribution in [0.4, 0.5) is 5.82 Å². The molecule has 0 saturated carbocycles. The van der Waals surface area contributed by atoms with Crippen LogP contribution in [0.15, 0.2) is 33.7 Å². The number of nitrogens with zero attached hydrogens (tertiary/aromatic N) is 1. The Bertz CT molecular complexity index is 1320. The number of anilines is 1. The lowest BCUT2D eigenvalue weighted by Crippen LogP contribution is -2.08. The van der Waals surface area contributed by atoms with Gasteiger partial charge < -0.3 is 4.52 Å². The van der Waals surface area contributed by atoms with E-state index in [1.165, 1.54) is 33.4 Å². The predicted molar refractivity (Wildman–Crippen MR) is 132 cm³/mol. The zero-order valence-electron chi connectivity index (χ0n) is 19.5. The molecule has 2 aromatic heterocycles. The zero-order chi connectivity index (χ0) is 23.2. The van der Waals surface area contributed by atoms with Crippen molar-refractivity contribution in [3.05, 3.63) is 73.8 Å². The largest absolute Gasteiger partial charge is 0.359 e. The van der Waals surface area contributed by atoms with E-state index < -0.39 is 11.1 Å². The molecular formula is C25H28N2O3S2. The normalized spacial score (nSPS) is 12.5. The van der Waals surface area contributed by atoms with E-state index in [9.17, 15) is 4.21 Å². The van der Waals surface area contributed by atoms with Gasteiger partial charge in [0.1, 0.15) is 5.76 Å². The molecule has 0 fully saturated rings. The van der Waals surface area contributed by atoms with Crippen LogP contribution in [0.2, 0.25) is 0 Å². The van der Waals surface area contributed by atoms with Gasteiger partial charge in [0.25, 0.3) is 0 Å². The predicted octanol–water partition coefficient (Wildman–Crippen LogP) is 6.71. The van der Waals surface area contributed by atoms with Gasteiger partial charge in [0, 0.05) is 26.9 Å². The van der Waals surface area contributed by atoms with Crippen LogP contribution >= 0.6 is 11.3 Å². The highest BCUT2D eigenvalue weighted by Crippen LogP contribution is 2.38. The maximum Gasteiger partial charge on any atom is 0.214 e. The van der Waals surface area contributed by atoms with Gasteiger partial charge in [-0.25, -0.2) is 9.69 Å². The summed E-state index contributed by atoms with van der Waals surface area (Å²) in [6.45, 7) is 14.6. The first-order valence-corrected chi connectivity index (χ1v) is 12.4. The molecule has 0 saturated heterocycles. The average molecular weight is 469 g/mol. The van der Waals surface area contributed by atoms with Gasteiger partial charge in [-0.1, -0.05) is 23.4 Å². The minimum absolute atomic E-state index is 0.438. The second-order valence-electron chi connectivity index (χ2n) is 8.26. The van der Waals surface area contributed by atoms with Gasteiger partial charge in [-0.3, -0.25) is 0 Å². The van der Waals surface area contributed by atoms with E-state index in [1.54, 1.807) is 11.3 Å². The maximum atomic E-state index is 13.4. The van der Waals surface area contributed by atoms with Crippen molar-refractivity contribution in [3.63, 3.8) is 0 Å². The summed E-state index contributed by atoms with van der Waals surface area (Å²) in [6, 6.07) is 8.04. The van der Waals surface area contributed by atoms with Crippen molar-refractivity contribution in [2.45, 2.75) is 59.8 Å². The molecule has 1 N–H and O–H groups in total. The Labute approximate surface area is 195 Å². The van der Waals surface area contributed by atoms with Gasteiger partial charge in [0.15, 0.2) is 5.82 Å². The third-order valence-corrected chi connectivity index (χ3v) is 8.98. The molecule has 0 bridgehead atoms. The monoisotopic (exact) mass is 468 g/mol. The van der Waals surface area contributed by atoms with Gasteiger partial charge in [-0.05, 0) is 87.9 Å². The van der Waals surface area contributed by atoms with E-state index in [2.05, 4.69) is 51.3 Å². The van der Waals surface area contributed by atoms with Gasteiger partial charge in [0.2, 0.25) is 11.1 Å². The molecule has 0 aliphatic heterocycles. The summed E-state index contributed by atoms with van der Waals surface area (Å²) in [5.74, 6) is 1.13. The molecule has 0 amide bonds. The highest BCUT2D eigenvalue weighted by molar-refractivity contribution is 7.80. The summed E-state index contributed by atoms with van der Waals surface area (Å²) < 4.78 is 25.2. The Morgan fingerprint density at radius 1 is 0.938 bits per heavy atom. The first kappa shape index (κ1) is 22.7. The Balaban J connectivity index is 1.75. The minimum Gasteiger partial charge on any atom is -0.359 e. The molecule has 4 rings (SSSR count). The van der Waals surface area contributed by atoms with Crippen LogP contribution in [-0.4, -0.2) is 9.37 Å². The number of thiophene rings is 1. The molecule has 1 unspecified atom stereocenters. The third kappa shape index (κ3) is 3.89. The highest BCUT2D eigenvalue weighted by Gasteiger charge is 2.22. The van der Waals surface area contributed by atoms with Crippen LogP contribution < -0.4 is 5.48 Å². The highest BCUT2D eigenvalue weighted by atomic mass is 32.2. The van der Waals surface area contributed by atoms with Gasteiger partial charge >= 0.3 is 0 Å². The van der Waals surface area contributed by atoms with E-state index >= 15 is 0 Å². The topological polar surface area (TPSA) is 64.4 Å². The van der Waals surface area contributed by atoms with Crippen LogP contribution in [0.25, 0.3) is 10.1 Å². The SMILES string of the molecule is Cc1onc(NOS(=O)c2c(Cc3c(C)c(C)c(C)c(C)c3C)sc3ccccc23)c1C. The van der Waals surface area contributed by atoms with Crippen molar-refractivity contribution >= 4 is 38.3 Å². The average Bonchev–Trinajstić information content (AvgIpc) is 3.31. The fourth-order valence-electron chi connectivity index (χ4n) is 4.01. The summed E-state index contributed by atoms with van der Waals surface area (Å²) >= 11 is -0.0479. The molecule has 5 nitrogen and oxygen atoms in total. The fourth-order valence-corrected chi connectivity index (χ4v) is 6.37. The lowest BCUT2D eigenvalue weighted by molar-refractivity contribution is 0.384. The van der Waals surface area contributed by atoms with Gasteiger partial charge in [-0.2, -0.15) is 4.28 Å². The van der Waals surface area contributed by atoms with E-state index in [1.807, 2.05) is 32.0 Å². The Morgan fingerprint density at radius 3 is 2.19 bits per heavy atom. The Morgan fingerprint density at radius 2 is 1.56 bits per heavy atom. The standard InChI is InChI=1S/C25H28N2O3S2/c1-13-14(2)16(4)21(17(5)15(13)3)12-23-24(20-10-8-9-11-22(20)31-23)32(28)30-27-25-18(6)19(7)29-26-25/h8-11H,12H2,1-7H3,(H,26,27). The van der Waals surface area contributed by atoms with E-state index in [4.69, 9.17) is 8.81 Å². The summed E-state index contributed by atoms with van der Waals surface area (Å²) in [5.41, 5.74) is 11.4. The molecule has 4 aromatic rings. The number of rotatable bonds is 6. The summed E-state index contributed by atoms with van der Waals surface area (Å²) in [7, 11) is 0. The van der Waals surface area contributed by atoms with Crippen molar-refractivity contribution in [3.8, 4) is 0 Å². The molecule has 32 heavy (non-hydrogen) atoms. The molecule has 1 atom stereocenters. The third-order valence-electron chi connectivity index (χ3n) is 6.65. The molecule has 7 heteroatoms. The number of aryl methyl sites for hydroxylation is 1. The Hall–Kier alpha value is -2.48. The molecule has 2 aromatic carbocycles.